The van der Waals surface area contributed by atoms with Gasteiger partial charge in [0, 0.05) is 22.8 Å². The van der Waals surface area contributed by atoms with Gasteiger partial charge in [-0.15, -0.1) is 11.8 Å². The van der Waals surface area contributed by atoms with E-state index in [1.165, 1.54) is 0 Å². The maximum Gasteiger partial charge on any atom is 0.225 e. The maximum atomic E-state index is 11.8. The number of amides is 1. The van der Waals surface area contributed by atoms with Gasteiger partial charge in [0.25, 0.3) is 0 Å². The van der Waals surface area contributed by atoms with Gasteiger partial charge >= 0.3 is 0 Å². The van der Waals surface area contributed by atoms with E-state index in [-0.39, 0.29) is 12.5 Å². The molecule has 2 N–H and O–H groups in total. The highest BCUT2D eigenvalue weighted by Crippen LogP contribution is 2.27. The average Bonchev–Trinajstić information content (AvgIpc) is 2.50. The first kappa shape index (κ1) is 15.9. The zero-order valence-corrected chi connectivity index (χ0v) is 13.0. The summed E-state index contributed by atoms with van der Waals surface area (Å²) in [5.74, 6) is 0.635. The molecule has 1 amide bonds. The summed E-state index contributed by atoms with van der Waals surface area (Å²) in [4.78, 5) is 12.8. The van der Waals surface area contributed by atoms with Crippen molar-refractivity contribution in [1.82, 2.24) is 0 Å². The molecule has 0 bridgehead atoms. The van der Waals surface area contributed by atoms with Crippen LogP contribution in [0.15, 0.2) is 53.4 Å². The van der Waals surface area contributed by atoms with Crippen molar-refractivity contribution < 1.29 is 9.90 Å². The molecule has 0 saturated carbocycles. The number of rotatable bonds is 6. The van der Waals surface area contributed by atoms with Crippen LogP contribution in [-0.2, 0) is 11.4 Å². The Hall–Kier alpha value is -1.49. The van der Waals surface area contributed by atoms with Crippen LogP contribution in [0.1, 0.15) is 12.0 Å². The Balaban J connectivity index is 1.78. The van der Waals surface area contributed by atoms with Crippen molar-refractivity contribution in [3.63, 3.8) is 0 Å². The van der Waals surface area contributed by atoms with Crippen LogP contribution in [0.3, 0.4) is 0 Å². The number of thioether (sulfide) groups is 1. The Morgan fingerprint density at radius 3 is 2.52 bits per heavy atom. The molecular formula is C16H16ClNO2S. The molecular weight excluding hydrogens is 306 g/mol. The summed E-state index contributed by atoms with van der Waals surface area (Å²) in [5, 5.41) is 12.5. The van der Waals surface area contributed by atoms with Gasteiger partial charge in [0.1, 0.15) is 0 Å². The molecule has 110 valence electrons. The average molecular weight is 322 g/mol. The minimum Gasteiger partial charge on any atom is -0.392 e. The third-order valence-corrected chi connectivity index (χ3v) is 4.36. The second-order valence-electron chi connectivity index (χ2n) is 4.43. The van der Waals surface area contributed by atoms with Gasteiger partial charge in [0.05, 0.1) is 11.6 Å². The SMILES string of the molecule is O=C(CCSc1ccccc1Cl)Nc1ccc(CO)cc1. The largest absolute Gasteiger partial charge is 0.392 e. The van der Waals surface area contributed by atoms with Crippen LogP contribution < -0.4 is 5.32 Å². The molecule has 0 spiro atoms. The van der Waals surface area contributed by atoms with Crippen molar-refractivity contribution in [2.75, 3.05) is 11.1 Å². The summed E-state index contributed by atoms with van der Waals surface area (Å²) >= 11 is 7.62. The molecule has 5 heteroatoms. The Morgan fingerprint density at radius 1 is 1.14 bits per heavy atom. The van der Waals surface area contributed by atoms with E-state index in [4.69, 9.17) is 16.7 Å². The fourth-order valence-corrected chi connectivity index (χ4v) is 2.92. The van der Waals surface area contributed by atoms with Crippen molar-refractivity contribution in [1.29, 1.82) is 0 Å². The molecule has 0 aliphatic heterocycles. The van der Waals surface area contributed by atoms with Crippen LogP contribution >= 0.6 is 23.4 Å². The molecule has 2 rings (SSSR count). The lowest BCUT2D eigenvalue weighted by Crippen LogP contribution is -2.12. The van der Waals surface area contributed by atoms with Gasteiger partial charge in [-0.1, -0.05) is 35.9 Å². The van der Waals surface area contributed by atoms with E-state index in [0.717, 1.165) is 16.1 Å². The van der Waals surface area contributed by atoms with Gasteiger partial charge in [-0.05, 0) is 29.8 Å². The molecule has 0 radical (unpaired) electrons. The number of nitrogens with one attached hydrogen (secondary N) is 1. The zero-order valence-electron chi connectivity index (χ0n) is 11.4. The highest BCUT2D eigenvalue weighted by atomic mass is 35.5. The van der Waals surface area contributed by atoms with Crippen LogP contribution in [0.4, 0.5) is 5.69 Å². The van der Waals surface area contributed by atoms with Gasteiger partial charge in [0.15, 0.2) is 0 Å². The van der Waals surface area contributed by atoms with Crippen molar-refractivity contribution in [3.8, 4) is 0 Å². The first-order chi connectivity index (χ1) is 10.2. The second-order valence-corrected chi connectivity index (χ2v) is 5.98. The smallest absolute Gasteiger partial charge is 0.225 e. The molecule has 0 aliphatic rings. The van der Waals surface area contributed by atoms with Crippen LogP contribution in [0.2, 0.25) is 5.02 Å². The van der Waals surface area contributed by atoms with E-state index in [2.05, 4.69) is 5.32 Å². The summed E-state index contributed by atoms with van der Waals surface area (Å²) in [7, 11) is 0. The molecule has 2 aromatic carbocycles. The summed E-state index contributed by atoms with van der Waals surface area (Å²) in [5.41, 5.74) is 1.56. The van der Waals surface area contributed by atoms with Crippen LogP contribution in [0, 0.1) is 0 Å². The third-order valence-electron chi connectivity index (χ3n) is 2.84. The van der Waals surface area contributed by atoms with Gasteiger partial charge < -0.3 is 10.4 Å². The fourth-order valence-electron chi connectivity index (χ4n) is 1.73. The highest BCUT2D eigenvalue weighted by molar-refractivity contribution is 7.99. The normalized spacial score (nSPS) is 10.4. The molecule has 3 nitrogen and oxygen atoms in total. The lowest BCUT2D eigenvalue weighted by Gasteiger charge is -2.06. The molecule has 0 heterocycles. The lowest BCUT2D eigenvalue weighted by molar-refractivity contribution is -0.115. The summed E-state index contributed by atoms with van der Waals surface area (Å²) < 4.78 is 0. The third kappa shape index (κ3) is 5.08. The number of benzene rings is 2. The minimum atomic E-state index is -0.0358. The Bertz CT molecular complexity index is 601. The van der Waals surface area contributed by atoms with Gasteiger partial charge in [0.2, 0.25) is 5.91 Å². The van der Waals surface area contributed by atoms with Crippen molar-refractivity contribution in [2.45, 2.75) is 17.9 Å². The molecule has 2 aromatic rings. The standard InChI is InChI=1S/C16H16ClNO2S/c17-14-3-1-2-4-15(14)21-10-9-16(20)18-13-7-5-12(11-19)6-8-13/h1-8,19H,9-11H2,(H,18,20). The zero-order chi connectivity index (χ0) is 15.1. The van der Waals surface area contributed by atoms with Gasteiger partial charge in [-0.25, -0.2) is 0 Å². The first-order valence-electron chi connectivity index (χ1n) is 6.56. The van der Waals surface area contributed by atoms with Crippen LogP contribution in [-0.4, -0.2) is 16.8 Å². The van der Waals surface area contributed by atoms with Crippen molar-refractivity contribution in [2.24, 2.45) is 0 Å². The Kier molecular flexibility index (Phi) is 6.11. The van der Waals surface area contributed by atoms with E-state index in [1.54, 1.807) is 36.0 Å². The predicted molar refractivity (Wildman–Crippen MR) is 87.8 cm³/mol. The van der Waals surface area contributed by atoms with E-state index >= 15 is 0 Å². The quantitative estimate of drug-likeness (QED) is 0.792. The number of aliphatic hydroxyl groups is 1. The maximum absolute atomic E-state index is 11.8. The van der Waals surface area contributed by atoms with Crippen molar-refractivity contribution in [3.05, 3.63) is 59.1 Å². The van der Waals surface area contributed by atoms with E-state index < -0.39 is 0 Å². The number of halogens is 1. The summed E-state index contributed by atoms with van der Waals surface area (Å²) in [6, 6.07) is 14.7. The summed E-state index contributed by atoms with van der Waals surface area (Å²) in [6.45, 7) is 0.00268. The van der Waals surface area contributed by atoms with E-state index in [0.29, 0.717) is 17.2 Å². The topological polar surface area (TPSA) is 49.3 Å². The summed E-state index contributed by atoms with van der Waals surface area (Å²) in [6.07, 6.45) is 0.414. The molecule has 0 atom stereocenters. The fraction of sp³-hybridized carbons (Fsp3) is 0.188. The lowest BCUT2D eigenvalue weighted by atomic mass is 10.2. The highest BCUT2D eigenvalue weighted by Gasteiger charge is 2.05. The Labute approximate surface area is 133 Å². The van der Waals surface area contributed by atoms with Gasteiger partial charge in [-0.2, -0.15) is 0 Å². The number of hydrogen-bond acceptors (Lipinski definition) is 3. The van der Waals surface area contributed by atoms with Gasteiger partial charge in [-0.3, -0.25) is 4.79 Å². The number of carbonyl (C=O) groups excluding carboxylic acids is 1. The van der Waals surface area contributed by atoms with Crippen LogP contribution in [0.25, 0.3) is 0 Å². The number of hydrogen-bond donors (Lipinski definition) is 2. The Morgan fingerprint density at radius 2 is 1.86 bits per heavy atom. The van der Waals surface area contributed by atoms with E-state index in [1.807, 2.05) is 24.3 Å². The molecule has 21 heavy (non-hydrogen) atoms. The molecule has 0 unspecified atom stereocenters. The molecule has 0 aliphatic carbocycles. The minimum absolute atomic E-state index is 0.00268. The number of carbonyl (C=O) groups is 1. The van der Waals surface area contributed by atoms with Crippen molar-refractivity contribution >= 4 is 35.0 Å². The monoisotopic (exact) mass is 321 g/mol. The molecule has 0 saturated heterocycles. The predicted octanol–water partition coefficient (Wildman–Crippen LogP) is 3.95. The molecule has 0 fully saturated rings. The van der Waals surface area contributed by atoms with Crippen LogP contribution in [0.5, 0.6) is 0 Å². The van der Waals surface area contributed by atoms with E-state index in [9.17, 15) is 4.79 Å². The number of aliphatic hydroxyl groups excluding tert-OH is 1. The first-order valence-corrected chi connectivity index (χ1v) is 7.92. The second kappa shape index (κ2) is 8.08. The number of anilines is 1. The molecule has 0 aromatic heterocycles.